The van der Waals surface area contributed by atoms with E-state index in [4.69, 9.17) is 0 Å². The zero-order chi connectivity index (χ0) is 24.5. The Morgan fingerprint density at radius 1 is 1.03 bits per heavy atom. The van der Waals surface area contributed by atoms with E-state index < -0.39 is 0 Å². The van der Waals surface area contributed by atoms with Crippen LogP contribution < -0.4 is 5.32 Å². The van der Waals surface area contributed by atoms with Crippen LogP contribution in [0.25, 0.3) is 10.9 Å². The lowest BCUT2D eigenvalue weighted by Crippen LogP contribution is -2.77. The molecule has 2 aliphatic heterocycles. The quantitative estimate of drug-likeness (QED) is 0.416. The lowest BCUT2D eigenvalue weighted by Gasteiger charge is -2.75. The highest BCUT2D eigenvalue weighted by molar-refractivity contribution is 5.85. The Morgan fingerprint density at radius 2 is 1.78 bits per heavy atom. The number of anilines is 1. The largest absolute Gasteiger partial charge is 0.380 e. The minimum absolute atomic E-state index is 0.0420. The van der Waals surface area contributed by atoms with Crippen molar-refractivity contribution in [1.82, 2.24) is 14.8 Å². The summed E-state index contributed by atoms with van der Waals surface area (Å²) in [7, 11) is 0. The predicted molar refractivity (Wildman–Crippen MR) is 141 cm³/mol. The summed E-state index contributed by atoms with van der Waals surface area (Å²) in [5, 5.41) is 4.99. The third-order valence-electron chi connectivity index (χ3n) is 9.48. The number of nitrogens with zero attached hydrogens (tertiary/aromatic N) is 2. The molecule has 3 heterocycles. The van der Waals surface area contributed by atoms with Crippen LogP contribution in [0.3, 0.4) is 0 Å². The normalized spacial score (nSPS) is 32.0. The van der Waals surface area contributed by atoms with Crippen molar-refractivity contribution in [3.63, 3.8) is 0 Å². The molecule has 3 aromatic rings. The minimum Gasteiger partial charge on any atom is -0.380 e. The standard InChI is InChI=1S/C30H36F2N4/c1-20-13-25-24-5-2-3-6-26(24)34-27(25)28(36(20)30-16-29(17-30,18-30)19-32)21-7-9-22(10-8-21)33-23-14-35(15-23)12-4-11-31/h2-3,5-10,20,23,28,33-34H,4,11-19H2,1H3/t20-,28-,29?,30?/m0/s1. The van der Waals surface area contributed by atoms with Gasteiger partial charge in [0.1, 0.15) is 0 Å². The molecule has 5 aliphatic rings. The highest BCUT2D eigenvalue weighted by atomic mass is 19.1. The maximum atomic E-state index is 13.7. The summed E-state index contributed by atoms with van der Waals surface area (Å²) in [5.41, 5.74) is 6.50. The van der Waals surface area contributed by atoms with Crippen LogP contribution in [0.15, 0.2) is 48.5 Å². The number of benzene rings is 2. The van der Waals surface area contributed by atoms with Crippen LogP contribution in [0, 0.1) is 5.41 Å². The summed E-state index contributed by atoms with van der Waals surface area (Å²) >= 11 is 0. The zero-order valence-corrected chi connectivity index (χ0v) is 21.1. The molecule has 2 atom stereocenters. The molecule has 2 aromatic carbocycles. The van der Waals surface area contributed by atoms with Crippen LogP contribution in [0.4, 0.5) is 14.5 Å². The van der Waals surface area contributed by atoms with Gasteiger partial charge in [-0.15, -0.1) is 0 Å². The average molecular weight is 491 g/mol. The van der Waals surface area contributed by atoms with Gasteiger partial charge in [-0.25, -0.2) is 0 Å². The molecular weight excluding hydrogens is 454 g/mol. The lowest BCUT2D eigenvalue weighted by atomic mass is 9.38. The number of hydrogen-bond acceptors (Lipinski definition) is 3. The predicted octanol–water partition coefficient (Wildman–Crippen LogP) is 5.85. The Morgan fingerprint density at radius 3 is 2.50 bits per heavy atom. The van der Waals surface area contributed by atoms with Gasteiger partial charge in [0.25, 0.3) is 0 Å². The first-order chi connectivity index (χ1) is 17.5. The van der Waals surface area contributed by atoms with Crippen LogP contribution in [0.2, 0.25) is 0 Å². The highest BCUT2D eigenvalue weighted by Crippen LogP contribution is 2.72. The molecule has 2 N–H and O–H groups in total. The number of H-pyrrole nitrogens is 1. The summed E-state index contributed by atoms with van der Waals surface area (Å²) < 4.78 is 26.1. The highest BCUT2D eigenvalue weighted by Gasteiger charge is 2.71. The summed E-state index contributed by atoms with van der Waals surface area (Å²) in [6.07, 6.45) is 4.63. The smallest absolute Gasteiger partial charge is 0.0952 e. The topological polar surface area (TPSA) is 34.3 Å². The second-order valence-corrected chi connectivity index (χ2v) is 12.1. The van der Waals surface area contributed by atoms with E-state index in [1.54, 1.807) is 0 Å². The van der Waals surface area contributed by atoms with Crippen molar-refractivity contribution >= 4 is 16.6 Å². The summed E-state index contributed by atoms with van der Waals surface area (Å²) in [4.78, 5) is 8.84. The molecule has 0 amide bonds. The SMILES string of the molecule is C[C@H]1Cc2c([nH]c3ccccc23)[C@H](c2ccc(NC3CN(CCCF)C3)cc2)N1C12CC(CF)(C1)C2. The molecule has 8 rings (SSSR count). The Balaban J connectivity index is 1.18. The monoisotopic (exact) mass is 490 g/mol. The maximum Gasteiger partial charge on any atom is 0.0952 e. The number of nitrogens with one attached hydrogen (secondary N) is 2. The van der Waals surface area contributed by atoms with Gasteiger partial charge in [-0.3, -0.25) is 18.6 Å². The van der Waals surface area contributed by atoms with Gasteiger partial charge in [0.2, 0.25) is 0 Å². The van der Waals surface area contributed by atoms with Crippen molar-refractivity contribution in [3.8, 4) is 0 Å². The third-order valence-corrected chi connectivity index (χ3v) is 9.48. The number of alkyl halides is 2. The van der Waals surface area contributed by atoms with Crippen molar-refractivity contribution in [1.29, 1.82) is 0 Å². The number of halogens is 2. The number of rotatable bonds is 8. The van der Waals surface area contributed by atoms with E-state index in [9.17, 15) is 8.78 Å². The fourth-order valence-corrected chi connectivity index (χ4v) is 8.01. The molecule has 1 aromatic heterocycles. The molecular formula is C30H36F2N4. The molecule has 0 radical (unpaired) electrons. The van der Waals surface area contributed by atoms with Gasteiger partial charge in [-0.05, 0) is 68.4 Å². The van der Waals surface area contributed by atoms with Crippen LogP contribution in [-0.2, 0) is 6.42 Å². The second-order valence-electron chi connectivity index (χ2n) is 12.1. The first-order valence-electron chi connectivity index (χ1n) is 13.6. The molecule has 3 saturated carbocycles. The van der Waals surface area contributed by atoms with Crippen LogP contribution in [0.5, 0.6) is 0 Å². The second kappa shape index (κ2) is 8.29. The Hall–Kier alpha value is -2.44. The third kappa shape index (κ3) is 3.37. The molecule has 0 spiro atoms. The number of fused-ring (bicyclic) bond motifs is 3. The molecule has 1 saturated heterocycles. The van der Waals surface area contributed by atoms with Crippen molar-refractivity contribution in [3.05, 3.63) is 65.4 Å². The number of hydrogen-bond donors (Lipinski definition) is 2. The Bertz CT molecular complexity index is 1240. The molecule has 3 aliphatic carbocycles. The van der Waals surface area contributed by atoms with Crippen LogP contribution in [0.1, 0.15) is 55.5 Å². The van der Waals surface area contributed by atoms with Gasteiger partial charge in [0.15, 0.2) is 0 Å². The summed E-state index contributed by atoms with van der Waals surface area (Å²) in [6.45, 7) is 4.76. The molecule has 4 nitrogen and oxygen atoms in total. The molecule has 2 bridgehead atoms. The van der Waals surface area contributed by atoms with Crippen molar-refractivity contribution in [2.45, 2.75) is 62.7 Å². The van der Waals surface area contributed by atoms with E-state index >= 15 is 0 Å². The Kier molecular flexibility index (Phi) is 5.23. The van der Waals surface area contributed by atoms with Gasteiger partial charge in [0.05, 0.1) is 25.4 Å². The van der Waals surface area contributed by atoms with Crippen molar-refractivity contribution in [2.75, 3.05) is 38.3 Å². The Labute approximate surface area is 212 Å². The van der Waals surface area contributed by atoms with Crippen LogP contribution >= 0.6 is 0 Å². The zero-order valence-electron chi connectivity index (χ0n) is 21.1. The van der Waals surface area contributed by atoms with Crippen LogP contribution in [-0.4, -0.2) is 65.4 Å². The average Bonchev–Trinajstić information content (AvgIpc) is 3.18. The van der Waals surface area contributed by atoms with Crippen molar-refractivity contribution in [2.24, 2.45) is 5.41 Å². The minimum atomic E-state index is -0.235. The first kappa shape index (κ1) is 22.7. The number of likely N-dealkylation sites (tertiary alicyclic amines) is 1. The maximum absolute atomic E-state index is 13.7. The van der Waals surface area contributed by atoms with Gasteiger partial charge >= 0.3 is 0 Å². The summed E-state index contributed by atoms with van der Waals surface area (Å²) in [6, 6.07) is 18.6. The first-order valence-corrected chi connectivity index (χ1v) is 13.6. The molecule has 36 heavy (non-hydrogen) atoms. The lowest BCUT2D eigenvalue weighted by molar-refractivity contribution is -0.246. The molecule has 0 unspecified atom stereocenters. The van der Waals surface area contributed by atoms with Gasteiger partial charge in [0, 0.05) is 58.9 Å². The molecule has 190 valence electrons. The van der Waals surface area contributed by atoms with E-state index in [-0.39, 0.29) is 30.3 Å². The fourth-order valence-electron chi connectivity index (χ4n) is 8.01. The van der Waals surface area contributed by atoms with E-state index in [2.05, 4.69) is 75.6 Å². The number of aromatic amines is 1. The van der Waals surface area contributed by atoms with E-state index in [0.717, 1.165) is 51.0 Å². The molecule has 6 heteroatoms. The van der Waals surface area contributed by atoms with Gasteiger partial charge in [-0.1, -0.05) is 30.3 Å². The number of para-hydroxylation sites is 1. The molecule has 4 fully saturated rings. The van der Waals surface area contributed by atoms with Crippen molar-refractivity contribution < 1.29 is 8.78 Å². The number of aromatic nitrogens is 1. The fraction of sp³-hybridized carbons (Fsp3) is 0.533. The van der Waals surface area contributed by atoms with Gasteiger partial charge < -0.3 is 10.3 Å². The summed E-state index contributed by atoms with van der Waals surface area (Å²) in [5.74, 6) is 0. The van der Waals surface area contributed by atoms with E-state index in [1.165, 1.54) is 27.7 Å². The van der Waals surface area contributed by atoms with E-state index in [0.29, 0.717) is 18.5 Å². The van der Waals surface area contributed by atoms with E-state index in [1.807, 2.05) is 0 Å². The van der Waals surface area contributed by atoms with Gasteiger partial charge in [-0.2, -0.15) is 0 Å².